The standard InChI is InChI=1S/C21H31NO4S/c1-2-26-21(23)20(16-17-8-4-5-9-17)18-10-12-19(13-11-18)27(24,25)22-14-6-3-7-15-22/h10-13,17,20H,2-9,14-16H2,1H3. The van der Waals surface area contributed by atoms with Crippen molar-refractivity contribution in [2.75, 3.05) is 19.7 Å². The summed E-state index contributed by atoms with van der Waals surface area (Å²) in [6.07, 6.45) is 8.51. The van der Waals surface area contributed by atoms with Crippen LogP contribution in [0.15, 0.2) is 29.2 Å². The van der Waals surface area contributed by atoms with Gasteiger partial charge in [0, 0.05) is 13.1 Å². The van der Waals surface area contributed by atoms with Gasteiger partial charge in [-0.05, 0) is 49.8 Å². The predicted octanol–water partition coefficient (Wildman–Crippen LogP) is 4.09. The molecule has 0 spiro atoms. The molecule has 5 nitrogen and oxygen atoms in total. The van der Waals surface area contributed by atoms with Gasteiger partial charge in [0.15, 0.2) is 0 Å². The Morgan fingerprint density at radius 2 is 1.70 bits per heavy atom. The molecule has 1 atom stereocenters. The summed E-state index contributed by atoms with van der Waals surface area (Å²) in [7, 11) is -3.44. The molecule has 2 fully saturated rings. The van der Waals surface area contributed by atoms with Gasteiger partial charge >= 0.3 is 5.97 Å². The van der Waals surface area contributed by atoms with Crippen molar-refractivity contribution in [2.45, 2.75) is 69.1 Å². The van der Waals surface area contributed by atoms with Gasteiger partial charge in [0.1, 0.15) is 0 Å². The number of sulfonamides is 1. The van der Waals surface area contributed by atoms with Gasteiger partial charge < -0.3 is 4.74 Å². The number of ether oxygens (including phenoxy) is 1. The zero-order valence-electron chi connectivity index (χ0n) is 16.2. The van der Waals surface area contributed by atoms with Crippen LogP contribution < -0.4 is 0 Å². The summed E-state index contributed by atoms with van der Waals surface area (Å²) >= 11 is 0. The number of benzene rings is 1. The molecule has 27 heavy (non-hydrogen) atoms. The van der Waals surface area contributed by atoms with Crippen molar-refractivity contribution in [3.8, 4) is 0 Å². The molecule has 2 aliphatic rings. The van der Waals surface area contributed by atoms with Crippen LogP contribution in [0.3, 0.4) is 0 Å². The predicted molar refractivity (Wildman–Crippen MR) is 105 cm³/mol. The van der Waals surface area contributed by atoms with Gasteiger partial charge in [0.05, 0.1) is 17.4 Å². The first-order valence-electron chi connectivity index (χ1n) is 10.3. The number of nitrogens with zero attached hydrogens (tertiary/aromatic N) is 1. The lowest BCUT2D eigenvalue weighted by molar-refractivity contribution is -0.145. The first-order chi connectivity index (χ1) is 13.0. The van der Waals surface area contributed by atoms with Gasteiger partial charge in [-0.2, -0.15) is 4.31 Å². The average molecular weight is 394 g/mol. The van der Waals surface area contributed by atoms with E-state index in [0.717, 1.165) is 44.1 Å². The Kier molecular flexibility index (Phi) is 6.93. The number of rotatable bonds is 7. The molecule has 0 bridgehead atoms. The second-order valence-corrected chi connectivity index (χ2v) is 9.66. The topological polar surface area (TPSA) is 63.7 Å². The quantitative estimate of drug-likeness (QED) is 0.655. The average Bonchev–Trinajstić information content (AvgIpc) is 3.20. The zero-order chi connectivity index (χ0) is 19.3. The van der Waals surface area contributed by atoms with Crippen LogP contribution in [0.25, 0.3) is 0 Å². The molecule has 1 unspecified atom stereocenters. The van der Waals surface area contributed by atoms with Crippen molar-refractivity contribution in [2.24, 2.45) is 5.92 Å². The van der Waals surface area contributed by atoms with Crippen LogP contribution in [0.1, 0.15) is 69.8 Å². The molecule has 150 valence electrons. The third kappa shape index (κ3) is 4.91. The van der Waals surface area contributed by atoms with E-state index in [1.54, 1.807) is 28.6 Å². The van der Waals surface area contributed by atoms with Crippen LogP contribution in [0.5, 0.6) is 0 Å². The lowest BCUT2D eigenvalue weighted by atomic mass is 9.88. The number of hydrogen-bond acceptors (Lipinski definition) is 4. The van der Waals surface area contributed by atoms with Crippen molar-refractivity contribution >= 4 is 16.0 Å². The minimum atomic E-state index is -3.44. The monoisotopic (exact) mass is 393 g/mol. The Morgan fingerprint density at radius 3 is 2.30 bits per heavy atom. The fraction of sp³-hybridized carbons (Fsp3) is 0.667. The molecule has 3 rings (SSSR count). The summed E-state index contributed by atoms with van der Waals surface area (Å²) in [6, 6.07) is 6.90. The Morgan fingerprint density at radius 1 is 1.07 bits per heavy atom. The third-order valence-corrected chi connectivity index (χ3v) is 7.76. The third-order valence-electron chi connectivity index (χ3n) is 5.85. The Hall–Kier alpha value is -1.40. The molecule has 1 heterocycles. The molecule has 0 radical (unpaired) electrons. The van der Waals surface area contributed by atoms with Crippen LogP contribution >= 0.6 is 0 Å². The molecule has 6 heteroatoms. The van der Waals surface area contributed by atoms with E-state index in [9.17, 15) is 13.2 Å². The van der Waals surface area contributed by atoms with Crippen molar-refractivity contribution in [3.63, 3.8) is 0 Å². The number of esters is 1. The highest BCUT2D eigenvalue weighted by molar-refractivity contribution is 7.89. The minimum absolute atomic E-state index is 0.198. The molecular weight excluding hydrogens is 362 g/mol. The van der Waals surface area contributed by atoms with E-state index in [1.807, 2.05) is 6.92 Å². The zero-order valence-corrected chi connectivity index (χ0v) is 17.0. The second kappa shape index (κ2) is 9.20. The van der Waals surface area contributed by atoms with Gasteiger partial charge in [0.25, 0.3) is 0 Å². The van der Waals surface area contributed by atoms with E-state index in [-0.39, 0.29) is 11.9 Å². The summed E-state index contributed by atoms with van der Waals surface area (Å²) in [5.74, 6) is 0.0481. The fourth-order valence-corrected chi connectivity index (χ4v) is 5.83. The number of hydrogen-bond donors (Lipinski definition) is 0. The maximum Gasteiger partial charge on any atom is 0.313 e. The molecule has 1 saturated carbocycles. The van der Waals surface area contributed by atoms with Crippen LogP contribution in [0.4, 0.5) is 0 Å². The van der Waals surface area contributed by atoms with Crippen molar-refractivity contribution in [1.29, 1.82) is 0 Å². The molecule has 0 N–H and O–H groups in total. The molecule has 1 aromatic carbocycles. The Balaban J connectivity index is 1.78. The molecule has 1 aliphatic carbocycles. The van der Waals surface area contributed by atoms with Crippen molar-refractivity contribution in [1.82, 2.24) is 4.31 Å². The molecule has 1 aromatic rings. The summed E-state index contributed by atoms with van der Waals surface area (Å²) in [4.78, 5) is 12.8. The van der Waals surface area contributed by atoms with E-state index in [0.29, 0.717) is 30.5 Å². The molecule has 0 amide bonds. The number of piperidine rings is 1. The summed E-state index contributed by atoms with van der Waals surface area (Å²) in [6.45, 7) is 3.37. The van der Waals surface area contributed by atoms with E-state index >= 15 is 0 Å². The Bertz CT molecular complexity index is 717. The maximum absolute atomic E-state index is 12.8. The van der Waals surface area contributed by atoms with Gasteiger partial charge in [-0.1, -0.05) is 44.2 Å². The lowest BCUT2D eigenvalue weighted by Crippen LogP contribution is -2.35. The normalized spacial score (nSPS) is 20.5. The highest BCUT2D eigenvalue weighted by Gasteiger charge is 2.29. The number of carbonyl (C=O) groups excluding carboxylic acids is 1. The summed E-state index contributed by atoms with van der Waals surface area (Å²) in [5, 5.41) is 0. The molecule has 1 saturated heterocycles. The van der Waals surface area contributed by atoms with Crippen LogP contribution in [-0.4, -0.2) is 38.4 Å². The van der Waals surface area contributed by atoms with Gasteiger partial charge in [-0.3, -0.25) is 4.79 Å². The molecular formula is C21H31NO4S. The minimum Gasteiger partial charge on any atom is -0.466 e. The Labute approximate surface area is 163 Å². The first-order valence-corrected chi connectivity index (χ1v) is 11.7. The lowest BCUT2D eigenvalue weighted by Gasteiger charge is -2.26. The summed E-state index contributed by atoms with van der Waals surface area (Å²) < 4.78 is 32.5. The smallest absolute Gasteiger partial charge is 0.313 e. The second-order valence-electron chi connectivity index (χ2n) is 7.72. The van der Waals surface area contributed by atoms with E-state index in [1.165, 1.54) is 12.8 Å². The van der Waals surface area contributed by atoms with E-state index in [4.69, 9.17) is 4.74 Å². The highest BCUT2D eigenvalue weighted by atomic mass is 32.2. The van der Waals surface area contributed by atoms with Crippen molar-refractivity contribution < 1.29 is 17.9 Å². The van der Waals surface area contributed by atoms with Crippen LogP contribution in [0.2, 0.25) is 0 Å². The number of carbonyl (C=O) groups is 1. The van der Waals surface area contributed by atoms with E-state index in [2.05, 4.69) is 0 Å². The van der Waals surface area contributed by atoms with Gasteiger partial charge in [-0.25, -0.2) is 8.42 Å². The SMILES string of the molecule is CCOC(=O)C(CC1CCCC1)c1ccc(S(=O)(=O)N2CCCCC2)cc1. The van der Waals surface area contributed by atoms with E-state index < -0.39 is 10.0 Å². The molecule has 0 aromatic heterocycles. The van der Waals surface area contributed by atoms with Crippen LogP contribution in [0, 0.1) is 5.92 Å². The largest absolute Gasteiger partial charge is 0.466 e. The van der Waals surface area contributed by atoms with Gasteiger partial charge in [0.2, 0.25) is 10.0 Å². The van der Waals surface area contributed by atoms with Crippen molar-refractivity contribution in [3.05, 3.63) is 29.8 Å². The maximum atomic E-state index is 12.8. The first kappa shape index (κ1) is 20.3. The van der Waals surface area contributed by atoms with Gasteiger partial charge in [-0.15, -0.1) is 0 Å². The molecule has 1 aliphatic heterocycles. The fourth-order valence-electron chi connectivity index (χ4n) is 4.32. The highest BCUT2D eigenvalue weighted by Crippen LogP contribution is 2.35. The van der Waals surface area contributed by atoms with Crippen LogP contribution in [-0.2, 0) is 19.6 Å². The summed E-state index contributed by atoms with van der Waals surface area (Å²) in [5.41, 5.74) is 0.859.